The van der Waals surface area contributed by atoms with Crippen molar-refractivity contribution in [3.05, 3.63) is 50.6 Å². The van der Waals surface area contributed by atoms with Gasteiger partial charge in [-0.2, -0.15) is 5.26 Å². The molecule has 0 radical (unpaired) electrons. The summed E-state index contributed by atoms with van der Waals surface area (Å²) in [6.45, 7) is 0.424. The van der Waals surface area contributed by atoms with E-state index in [2.05, 4.69) is 22.0 Å². The van der Waals surface area contributed by atoms with Crippen LogP contribution in [0.3, 0.4) is 0 Å². The third-order valence-corrected chi connectivity index (χ3v) is 4.39. The Balaban J connectivity index is 2.08. The number of nitrogens with zero attached hydrogens (tertiary/aromatic N) is 1. The Bertz CT molecular complexity index is 574. The number of benzene rings is 1. The van der Waals surface area contributed by atoms with Gasteiger partial charge in [-0.15, -0.1) is 11.3 Å². The van der Waals surface area contributed by atoms with Crippen molar-refractivity contribution in [2.24, 2.45) is 5.73 Å². The third kappa shape index (κ3) is 3.80. The molecule has 0 aliphatic carbocycles. The number of halogens is 1. The minimum Gasteiger partial charge on any atom is -0.484 e. The quantitative estimate of drug-likeness (QED) is 0.906. The summed E-state index contributed by atoms with van der Waals surface area (Å²) < 4.78 is 6.92. The summed E-state index contributed by atoms with van der Waals surface area (Å²) in [5.74, 6) is 0.765. The second-order valence-corrected chi connectivity index (χ2v) is 5.85. The van der Waals surface area contributed by atoms with Crippen molar-refractivity contribution in [2.45, 2.75) is 12.5 Å². The molecule has 19 heavy (non-hydrogen) atoms. The van der Waals surface area contributed by atoms with Gasteiger partial charge < -0.3 is 10.5 Å². The molecule has 2 rings (SSSR count). The summed E-state index contributed by atoms with van der Waals surface area (Å²) in [4.78, 5) is 1.09. The van der Waals surface area contributed by atoms with Gasteiger partial charge in [0.15, 0.2) is 0 Å². The summed E-state index contributed by atoms with van der Waals surface area (Å²) in [6.07, 6.45) is 0.275. The lowest BCUT2D eigenvalue weighted by molar-refractivity contribution is 0.218. The molecule has 2 aromatic rings. The van der Waals surface area contributed by atoms with Crippen LogP contribution in [0.1, 0.15) is 16.5 Å². The minimum absolute atomic E-state index is 0.141. The summed E-state index contributed by atoms with van der Waals surface area (Å²) in [5, 5.41) is 10.6. The fourth-order valence-electron chi connectivity index (χ4n) is 1.66. The molecule has 0 aliphatic heterocycles. The highest BCUT2D eigenvalue weighted by molar-refractivity contribution is 9.10. The minimum atomic E-state index is -0.141. The first-order valence-electron chi connectivity index (χ1n) is 5.79. The van der Waals surface area contributed by atoms with E-state index in [0.29, 0.717) is 13.0 Å². The summed E-state index contributed by atoms with van der Waals surface area (Å²) >= 11 is 5.04. The molecule has 0 spiro atoms. The maximum Gasteiger partial charge on any atom is 0.145 e. The summed E-state index contributed by atoms with van der Waals surface area (Å²) in [7, 11) is 0. The molecule has 0 amide bonds. The first-order valence-corrected chi connectivity index (χ1v) is 7.46. The van der Waals surface area contributed by atoms with Crippen LogP contribution >= 0.6 is 27.3 Å². The van der Waals surface area contributed by atoms with Crippen LogP contribution in [0.5, 0.6) is 5.75 Å². The van der Waals surface area contributed by atoms with Crippen molar-refractivity contribution in [2.75, 3.05) is 6.54 Å². The number of hydrogen-bond donors (Lipinski definition) is 1. The molecule has 1 aromatic heterocycles. The van der Waals surface area contributed by atoms with Crippen LogP contribution in [-0.2, 0) is 6.42 Å². The third-order valence-electron chi connectivity index (χ3n) is 2.60. The van der Waals surface area contributed by atoms with E-state index in [4.69, 9.17) is 15.7 Å². The monoisotopic (exact) mass is 336 g/mol. The lowest BCUT2D eigenvalue weighted by Crippen LogP contribution is -2.17. The Hall–Kier alpha value is -1.35. The van der Waals surface area contributed by atoms with E-state index in [1.807, 2.05) is 35.7 Å². The van der Waals surface area contributed by atoms with Crippen molar-refractivity contribution in [1.82, 2.24) is 0 Å². The highest BCUT2D eigenvalue weighted by atomic mass is 79.9. The molecule has 0 saturated carbocycles. The van der Waals surface area contributed by atoms with Crippen LogP contribution < -0.4 is 10.5 Å². The lowest BCUT2D eigenvalue weighted by atomic mass is 10.1. The number of nitriles is 1. The van der Waals surface area contributed by atoms with Crippen LogP contribution in [0.2, 0.25) is 0 Å². The predicted octanol–water partition coefficient (Wildman–Crippen LogP) is 3.66. The molecular formula is C14H13BrN2OS. The molecule has 1 unspecified atom stereocenters. The zero-order chi connectivity index (χ0) is 13.7. The lowest BCUT2D eigenvalue weighted by Gasteiger charge is -2.16. The van der Waals surface area contributed by atoms with Crippen LogP contribution in [0, 0.1) is 11.3 Å². The predicted molar refractivity (Wildman–Crippen MR) is 80.2 cm³/mol. The van der Waals surface area contributed by atoms with Crippen LogP contribution in [0.25, 0.3) is 0 Å². The van der Waals surface area contributed by atoms with E-state index in [9.17, 15) is 0 Å². The molecule has 0 fully saturated rings. The Morgan fingerprint density at radius 1 is 1.37 bits per heavy atom. The van der Waals surface area contributed by atoms with Gasteiger partial charge in [0.2, 0.25) is 0 Å². The molecule has 5 heteroatoms. The maximum atomic E-state index is 8.62. The Morgan fingerprint density at radius 3 is 2.63 bits per heavy atom. The van der Waals surface area contributed by atoms with Crippen LogP contribution in [0.4, 0.5) is 0 Å². The van der Waals surface area contributed by atoms with E-state index in [0.717, 1.165) is 20.7 Å². The normalized spacial score (nSPS) is 11.8. The molecule has 3 nitrogen and oxygen atoms in total. The van der Waals surface area contributed by atoms with Gasteiger partial charge in [-0.05, 0) is 39.7 Å². The molecule has 0 saturated heterocycles. The van der Waals surface area contributed by atoms with E-state index < -0.39 is 0 Å². The highest BCUT2D eigenvalue weighted by Gasteiger charge is 2.13. The highest BCUT2D eigenvalue weighted by Crippen LogP contribution is 2.28. The Labute approximate surface area is 124 Å². The average Bonchev–Trinajstić information content (AvgIpc) is 2.85. The zero-order valence-electron chi connectivity index (χ0n) is 10.2. The smallest absolute Gasteiger partial charge is 0.145 e. The topological polar surface area (TPSA) is 59.0 Å². The maximum absolute atomic E-state index is 8.62. The van der Waals surface area contributed by atoms with Crippen molar-refractivity contribution in [1.29, 1.82) is 5.26 Å². The van der Waals surface area contributed by atoms with E-state index in [-0.39, 0.29) is 6.10 Å². The fourth-order valence-corrected chi connectivity index (χ4v) is 3.15. The standard InChI is InChI=1S/C14H13BrN2OS/c15-11-7-14(19-9-11)13(8-17)18-12-3-1-10(2-4-12)5-6-16/h1-4,7,9,13H,5,8,17H2. The zero-order valence-corrected chi connectivity index (χ0v) is 12.6. The molecule has 0 bridgehead atoms. The number of rotatable bonds is 5. The first-order chi connectivity index (χ1) is 9.22. The molecule has 2 N–H and O–H groups in total. The molecule has 0 aliphatic rings. The van der Waals surface area contributed by atoms with Crippen LogP contribution in [-0.4, -0.2) is 6.54 Å². The van der Waals surface area contributed by atoms with E-state index >= 15 is 0 Å². The molecular weight excluding hydrogens is 324 g/mol. The second-order valence-electron chi connectivity index (χ2n) is 3.99. The van der Waals surface area contributed by atoms with Gasteiger partial charge in [0.1, 0.15) is 11.9 Å². The summed E-state index contributed by atoms with van der Waals surface area (Å²) in [5.41, 5.74) is 6.75. The molecule has 98 valence electrons. The average molecular weight is 337 g/mol. The van der Waals surface area contributed by atoms with Gasteiger partial charge in [-0.25, -0.2) is 0 Å². The largest absolute Gasteiger partial charge is 0.484 e. The number of nitrogens with two attached hydrogens (primary N) is 1. The van der Waals surface area contributed by atoms with E-state index in [1.54, 1.807) is 11.3 Å². The Morgan fingerprint density at radius 2 is 2.11 bits per heavy atom. The van der Waals surface area contributed by atoms with Gasteiger partial charge in [-0.1, -0.05) is 12.1 Å². The first kappa shape index (κ1) is 14.1. The Kier molecular flexibility index (Phi) is 4.97. The second kappa shape index (κ2) is 6.71. The molecule has 1 aromatic carbocycles. The van der Waals surface area contributed by atoms with Gasteiger partial charge >= 0.3 is 0 Å². The van der Waals surface area contributed by atoms with E-state index in [1.165, 1.54) is 0 Å². The van der Waals surface area contributed by atoms with Gasteiger partial charge in [0.05, 0.1) is 12.5 Å². The van der Waals surface area contributed by atoms with Crippen molar-refractivity contribution in [3.63, 3.8) is 0 Å². The number of thiophene rings is 1. The number of hydrogen-bond acceptors (Lipinski definition) is 4. The van der Waals surface area contributed by atoms with Gasteiger partial charge in [0.25, 0.3) is 0 Å². The van der Waals surface area contributed by atoms with Gasteiger partial charge in [0, 0.05) is 21.3 Å². The van der Waals surface area contributed by atoms with Crippen LogP contribution in [0.15, 0.2) is 40.2 Å². The summed E-state index contributed by atoms with van der Waals surface area (Å²) in [6, 6.07) is 11.7. The fraction of sp³-hybridized carbons (Fsp3) is 0.214. The van der Waals surface area contributed by atoms with Crippen molar-refractivity contribution < 1.29 is 4.74 Å². The number of ether oxygens (including phenoxy) is 1. The van der Waals surface area contributed by atoms with Crippen molar-refractivity contribution >= 4 is 27.3 Å². The SMILES string of the molecule is N#CCc1ccc(OC(CN)c2cc(Br)cs2)cc1. The molecule has 1 atom stereocenters. The van der Waals surface area contributed by atoms with Gasteiger partial charge in [-0.3, -0.25) is 0 Å². The molecule has 1 heterocycles. The van der Waals surface area contributed by atoms with Crippen molar-refractivity contribution in [3.8, 4) is 11.8 Å².